The fourth-order valence-corrected chi connectivity index (χ4v) is 2.87. The Labute approximate surface area is 139 Å². The zero-order chi connectivity index (χ0) is 17.3. The highest BCUT2D eigenvalue weighted by molar-refractivity contribution is 7.99. The van der Waals surface area contributed by atoms with Gasteiger partial charge in [-0.05, 0) is 58.6 Å². The average Bonchev–Trinajstić information content (AvgIpc) is 2.99. The van der Waals surface area contributed by atoms with Crippen LogP contribution in [-0.4, -0.2) is 23.2 Å². The molecule has 0 aromatic heterocycles. The van der Waals surface area contributed by atoms with Crippen LogP contribution in [0, 0.1) is 5.82 Å². The molecule has 1 atom stereocenters. The van der Waals surface area contributed by atoms with E-state index in [-0.39, 0.29) is 16.7 Å². The van der Waals surface area contributed by atoms with Crippen molar-refractivity contribution in [1.29, 1.82) is 0 Å². The van der Waals surface area contributed by atoms with Gasteiger partial charge in [-0.3, -0.25) is 0 Å². The standard InChI is InChI=1S/C17H22F3NOS/c1-11(21-23-16(2,3)4)12-7-5-8-13(15(12)18)17(19,20)14-9-6-10-22-14/h5,7-8,14H,6,9-10H2,1-4H3/b21-11+. The van der Waals surface area contributed by atoms with Crippen molar-refractivity contribution in [3.8, 4) is 0 Å². The van der Waals surface area contributed by atoms with E-state index in [1.807, 2.05) is 20.8 Å². The minimum absolute atomic E-state index is 0.108. The summed E-state index contributed by atoms with van der Waals surface area (Å²) in [4.78, 5) is 0. The van der Waals surface area contributed by atoms with Crippen LogP contribution >= 0.6 is 11.9 Å². The van der Waals surface area contributed by atoms with E-state index in [1.54, 1.807) is 6.92 Å². The van der Waals surface area contributed by atoms with Crippen LogP contribution in [-0.2, 0) is 10.7 Å². The monoisotopic (exact) mass is 345 g/mol. The van der Waals surface area contributed by atoms with Crippen LogP contribution in [0.2, 0.25) is 0 Å². The summed E-state index contributed by atoms with van der Waals surface area (Å²) in [6, 6.07) is 4.05. The van der Waals surface area contributed by atoms with Gasteiger partial charge in [-0.1, -0.05) is 12.1 Å². The van der Waals surface area contributed by atoms with Crippen LogP contribution in [0.25, 0.3) is 0 Å². The van der Waals surface area contributed by atoms with E-state index < -0.39 is 23.4 Å². The molecule has 0 spiro atoms. The first kappa shape index (κ1) is 18.3. The molecule has 128 valence electrons. The Balaban J connectivity index is 2.34. The third kappa shape index (κ3) is 4.29. The molecule has 1 aromatic carbocycles. The van der Waals surface area contributed by atoms with Crippen LogP contribution in [0.5, 0.6) is 0 Å². The fourth-order valence-electron chi connectivity index (χ4n) is 2.36. The molecule has 2 rings (SSSR count). The van der Waals surface area contributed by atoms with Gasteiger partial charge in [0, 0.05) is 16.9 Å². The van der Waals surface area contributed by atoms with Gasteiger partial charge >= 0.3 is 5.92 Å². The van der Waals surface area contributed by atoms with Crippen LogP contribution in [0.4, 0.5) is 13.2 Å². The predicted octanol–water partition coefficient (Wildman–Crippen LogP) is 5.35. The zero-order valence-corrected chi connectivity index (χ0v) is 14.6. The normalized spacial score (nSPS) is 20.1. The Bertz CT molecular complexity index is 590. The summed E-state index contributed by atoms with van der Waals surface area (Å²) < 4.78 is 52.9. The number of benzene rings is 1. The molecule has 1 aliphatic heterocycles. The van der Waals surface area contributed by atoms with Crippen molar-refractivity contribution < 1.29 is 17.9 Å². The van der Waals surface area contributed by atoms with Crippen molar-refractivity contribution in [2.75, 3.05) is 6.61 Å². The molecule has 1 heterocycles. The lowest BCUT2D eigenvalue weighted by Gasteiger charge is -2.24. The Kier molecular flexibility index (Phi) is 5.46. The molecule has 1 aromatic rings. The first-order valence-corrected chi connectivity index (χ1v) is 8.42. The molecule has 23 heavy (non-hydrogen) atoms. The lowest BCUT2D eigenvalue weighted by atomic mass is 9.97. The second kappa shape index (κ2) is 6.85. The first-order valence-electron chi connectivity index (χ1n) is 7.64. The smallest absolute Gasteiger partial charge is 0.301 e. The van der Waals surface area contributed by atoms with Crippen molar-refractivity contribution in [3.63, 3.8) is 0 Å². The molecule has 1 fully saturated rings. The molecular formula is C17H22F3NOS. The molecule has 0 radical (unpaired) electrons. The average molecular weight is 345 g/mol. The van der Waals surface area contributed by atoms with Crippen molar-refractivity contribution in [2.45, 2.75) is 57.3 Å². The fraction of sp³-hybridized carbons (Fsp3) is 0.588. The van der Waals surface area contributed by atoms with Gasteiger partial charge in [0.15, 0.2) is 0 Å². The Morgan fingerprint density at radius 2 is 2.00 bits per heavy atom. The minimum Gasteiger partial charge on any atom is -0.372 e. The summed E-state index contributed by atoms with van der Waals surface area (Å²) in [7, 11) is 0. The maximum atomic E-state index is 14.7. The summed E-state index contributed by atoms with van der Waals surface area (Å²) in [5.74, 6) is -4.25. The van der Waals surface area contributed by atoms with Crippen molar-refractivity contribution >= 4 is 17.7 Å². The highest BCUT2D eigenvalue weighted by Gasteiger charge is 2.46. The predicted molar refractivity (Wildman–Crippen MR) is 88.8 cm³/mol. The number of hydrogen-bond donors (Lipinski definition) is 0. The van der Waals surface area contributed by atoms with Gasteiger partial charge in [0.25, 0.3) is 0 Å². The molecule has 6 heteroatoms. The third-order valence-corrected chi connectivity index (χ3v) is 4.45. The van der Waals surface area contributed by atoms with E-state index in [0.29, 0.717) is 18.7 Å². The molecule has 1 saturated heterocycles. The lowest BCUT2D eigenvalue weighted by molar-refractivity contribution is -0.124. The Hall–Kier alpha value is -1.01. The van der Waals surface area contributed by atoms with Gasteiger partial charge in [-0.25, -0.2) is 8.79 Å². The van der Waals surface area contributed by atoms with E-state index in [1.165, 1.54) is 24.1 Å². The number of alkyl halides is 2. The van der Waals surface area contributed by atoms with Crippen molar-refractivity contribution in [3.05, 3.63) is 35.1 Å². The van der Waals surface area contributed by atoms with E-state index in [4.69, 9.17) is 4.74 Å². The zero-order valence-electron chi connectivity index (χ0n) is 13.8. The van der Waals surface area contributed by atoms with Crippen LogP contribution in [0.3, 0.4) is 0 Å². The van der Waals surface area contributed by atoms with Crippen molar-refractivity contribution in [1.82, 2.24) is 0 Å². The van der Waals surface area contributed by atoms with E-state index in [9.17, 15) is 13.2 Å². The van der Waals surface area contributed by atoms with E-state index >= 15 is 0 Å². The van der Waals surface area contributed by atoms with Crippen LogP contribution < -0.4 is 0 Å². The largest absolute Gasteiger partial charge is 0.372 e. The Morgan fingerprint density at radius 3 is 2.57 bits per heavy atom. The van der Waals surface area contributed by atoms with Gasteiger partial charge in [0.1, 0.15) is 11.9 Å². The SMILES string of the molecule is C/C(=N\SC(C)(C)C)c1cccc(C(F)(F)C2CCCO2)c1F. The molecule has 0 aliphatic carbocycles. The van der Waals surface area contributed by atoms with E-state index in [0.717, 1.165) is 6.07 Å². The van der Waals surface area contributed by atoms with E-state index in [2.05, 4.69) is 4.40 Å². The first-order chi connectivity index (χ1) is 10.6. The molecule has 2 nitrogen and oxygen atoms in total. The number of hydrogen-bond acceptors (Lipinski definition) is 3. The molecule has 0 N–H and O–H groups in total. The second-order valence-electron chi connectivity index (χ2n) is 6.67. The van der Waals surface area contributed by atoms with Gasteiger partial charge in [-0.15, -0.1) is 0 Å². The van der Waals surface area contributed by atoms with Crippen molar-refractivity contribution in [2.24, 2.45) is 4.40 Å². The second-order valence-corrected chi connectivity index (χ2v) is 8.26. The summed E-state index contributed by atoms with van der Waals surface area (Å²) in [5.41, 5.74) is -0.110. The molecule has 1 unspecified atom stereocenters. The summed E-state index contributed by atoms with van der Waals surface area (Å²) in [6.45, 7) is 7.86. The summed E-state index contributed by atoms with van der Waals surface area (Å²) >= 11 is 1.29. The number of nitrogens with zero attached hydrogens (tertiary/aromatic N) is 1. The van der Waals surface area contributed by atoms with Gasteiger partial charge < -0.3 is 4.74 Å². The lowest BCUT2D eigenvalue weighted by Crippen LogP contribution is -2.31. The van der Waals surface area contributed by atoms with Crippen LogP contribution in [0.15, 0.2) is 22.6 Å². The minimum atomic E-state index is -3.34. The number of ether oxygens (including phenoxy) is 1. The molecular weight excluding hydrogens is 323 g/mol. The maximum absolute atomic E-state index is 14.7. The highest BCUT2D eigenvalue weighted by Crippen LogP contribution is 2.40. The number of halogens is 3. The summed E-state index contributed by atoms with van der Waals surface area (Å²) in [6.07, 6.45) is -0.443. The summed E-state index contributed by atoms with van der Waals surface area (Å²) in [5, 5.41) is 0. The molecule has 0 saturated carbocycles. The van der Waals surface area contributed by atoms with Crippen LogP contribution in [0.1, 0.15) is 51.7 Å². The van der Waals surface area contributed by atoms with Gasteiger partial charge in [0.2, 0.25) is 0 Å². The Morgan fingerprint density at radius 1 is 1.30 bits per heavy atom. The topological polar surface area (TPSA) is 21.6 Å². The highest BCUT2D eigenvalue weighted by atomic mass is 32.2. The quantitative estimate of drug-likeness (QED) is 0.542. The van der Waals surface area contributed by atoms with Gasteiger partial charge in [0.05, 0.1) is 11.3 Å². The third-order valence-electron chi connectivity index (χ3n) is 3.54. The molecule has 0 amide bonds. The van der Waals surface area contributed by atoms with Gasteiger partial charge in [-0.2, -0.15) is 8.78 Å². The number of rotatable bonds is 4. The molecule has 1 aliphatic rings. The maximum Gasteiger partial charge on any atom is 0.301 e. The molecule has 0 bridgehead atoms.